The monoisotopic (exact) mass is 269 g/mol. The van der Waals surface area contributed by atoms with Gasteiger partial charge in [0.05, 0.1) is 21.4 Å². The van der Waals surface area contributed by atoms with Crippen LogP contribution in [0.4, 0.5) is 0 Å². The Morgan fingerprint density at radius 3 is 2.37 bits per heavy atom. The smallest absolute Gasteiger partial charge is 0.208 e. The first kappa shape index (κ1) is 11.6. The van der Waals surface area contributed by atoms with E-state index in [1.807, 2.05) is 6.07 Å². The molecule has 1 heterocycles. The van der Waals surface area contributed by atoms with Gasteiger partial charge in [0.15, 0.2) is 5.78 Å². The molecule has 1 aliphatic heterocycles. The molecule has 0 unspecified atom stereocenters. The molecule has 92 valence electrons. The fourth-order valence-electron chi connectivity index (χ4n) is 2.15. The van der Waals surface area contributed by atoms with Crippen LogP contribution in [-0.2, 0) is 9.84 Å². The highest BCUT2D eigenvalue weighted by Crippen LogP contribution is 2.34. The van der Waals surface area contributed by atoms with Gasteiger partial charge in [-0.15, -0.1) is 0 Å². The Bertz CT molecular complexity index is 861. The third-order valence-electron chi connectivity index (χ3n) is 3.07. The fraction of sp³-hybridized carbons (Fsp3) is 0. The number of fused-ring (bicyclic) bond motifs is 2. The van der Waals surface area contributed by atoms with Gasteiger partial charge >= 0.3 is 0 Å². The molecule has 0 radical (unpaired) electrons. The molecule has 4 nitrogen and oxygen atoms in total. The van der Waals surface area contributed by atoms with E-state index in [0.29, 0.717) is 0 Å². The van der Waals surface area contributed by atoms with Crippen LogP contribution in [0.3, 0.4) is 0 Å². The van der Waals surface area contributed by atoms with Crippen molar-refractivity contribution in [3.05, 3.63) is 59.2 Å². The Labute approximate surface area is 109 Å². The number of carbonyl (C=O) groups is 1. The van der Waals surface area contributed by atoms with E-state index in [-0.39, 0.29) is 32.3 Å². The molecule has 1 aliphatic rings. The second kappa shape index (κ2) is 3.77. The van der Waals surface area contributed by atoms with E-state index in [4.69, 9.17) is 5.26 Å². The van der Waals surface area contributed by atoms with E-state index in [1.165, 1.54) is 30.3 Å². The number of nitriles is 1. The van der Waals surface area contributed by atoms with Crippen LogP contribution in [0.15, 0.2) is 52.3 Å². The van der Waals surface area contributed by atoms with E-state index in [0.717, 1.165) is 0 Å². The molecule has 0 spiro atoms. The van der Waals surface area contributed by atoms with E-state index >= 15 is 0 Å². The quantitative estimate of drug-likeness (QED) is 0.625. The summed E-state index contributed by atoms with van der Waals surface area (Å²) in [6.45, 7) is 0. The lowest BCUT2D eigenvalue weighted by Crippen LogP contribution is -2.20. The minimum Gasteiger partial charge on any atom is -0.289 e. The summed E-state index contributed by atoms with van der Waals surface area (Å²) in [6.07, 6.45) is 0. The molecule has 5 heteroatoms. The molecule has 0 atom stereocenters. The molecule has 0 bridgehead atoms. The number of carbonyl (C=O) groups excluding carboxylic acids is 1. The predicted octanol–water partition coefficient (Wildman–Crippen LogP) is 1.94. The first-order valence-electron chi connectivity index (χ1n) is 5.48. The van der Waals surface area contributed by atoms with Gasteiger partial charge in [0.2, 0.25) is 9.84 Å². The summed E-state index contributed by atoms with van der Waals surface area (Å²) in [5.74, 6) is -0.329. The molecule has 2 aromatic carbocycles. The van der Waals surface area contributed by atoms with Gasteiger partial charge in [-0.25, -0.2) is 8.42 Å². The van der Waals surface area contributed by atoms with Gasteiger partial charge in [0.1, 0.15) is 0 Å². The van der Waals surface area contributed by atoms with Crippen LogP contribution in [0.5, 0.6) is 0 Å². The van der Waals surface area contributed by atoms with Gasteiger partial charge in [-0.2, -0.15) is 5.26 Å². The highest BCUT2D eigenvalue weighted by molar-refractivity contribution is 7.91. The predicted molar refractivity (Wildman–Crippen MR) is 66.5 cm³/mol. The van der Waals surface area contributed by atoms with Crippen molar-refractivity contribution in [2.45, 2.75) is 9.79 Å². The minimum atomic E-state index is -3.74. The Hall–Kier alpha value is -2.45. The number of ketones is 1. The number of benzene rings is 2. The largest absolute Gasteiger partial charge is 0.289 e. The summed E-state index contributed by atoms with van der Waals surface area (Å²) in [4.78, 5) is 12.2. The third-order valence-corrected chi connectivity index (χ3v) is 4.92. The van der Waals surface area contributed by atoms with Crippen LogP contribution >= 0.6 is 0 Å². The summed E-state index contributed by atoms with van der Waals surface area (Å²) >= 11 is 0. The van der Waals surface area contributed by atoms with Gasteiger partial charge in [-0.3, -0.25) is 4.79 Å². The summed E-state index contributed by atoms with van der Waals surface area (Å²) in [5.41, 5.74) is 0.520. The topological polar surface area (TPSA) is 75.0 Å². The maximum Gasteiger partial charge on any atom is 0.208 e. The van der Waals surface area contributed by atoms with Crippen LogP contribution in [0, 0.1) is 11.3 Å². The third kappa shape index (κ3) is 1.51. The Morgan fingerprint density at radius 2 is 1.63 bits per heavy atom. The molecule has 0 aromatic heterocycles. The number of hydrogen-bond acceptors (Lipinski definition) is 4. The van der Waals surface area contributed by atoms with Crippen molar-refractivity contribution in [3.63, 3.8) is 0 Å². The lowest BCUT2D eigenvalue weighted by atomic mass is 10.0. The van der Waals surface area contributed by atoms with E-state index in [1.54, 1.807) is 12.1 Å². The van der Waals surface area contributed by atoms with Crippen molar-refractivity contribution < 1.29 is 13.2 Å². The molecule has 0 saturated carbocycles. The normalized spacial score (nSPS) is 15.2. The zero-order chi connectivity index (χ0) is 13.6. The number of hydrogen-bond donors (Lipinski definition) is 0. The van der Waals surface area contributed by atoms with E-state index in [2.05, 4.69) is 0 Å². The van der Waals surface area contributed by atoms with Crippen LogP contribution in [0.25, 0.3) is 0 Å². The summed E-state index contributed by atoms with van der Waals surface area (Å²) in [7, 11) is -3.74. The molecule has 2 aromatic rings. The maximum absolute atomic E-state index is 12.4. The number of nitrogens with zero attached hydrogens (tertiary/aromatic N) is 1. The van der Waals surface area contributed by atoms with Gasteiger partial charge < -0.3 is 0 Å². The molecule has 0 amide bonds. The molecule has 0 saturated heterocycles. The van der Waals surface area contributed by atoms with Crippen LogP contribution in [-0.4, -0.2) is 14.2 Å². The molecule has 0 fully saturated rings. The van der Waals surface area contributed by atoms with Crippen molar-refractivity contribution in [1.29, 1.82) is 5.26 Å². The van der Waals surface area contributed by atoms with E-state index in [9.17, 15) is 13.2 Å². The van der Waals surface area contributed by atoms with Crippen LogP contribution < -0.4 is 0 Å². The van der Waals surface area contributed by atoms with E-state index < -0.39 is 9.84 Å². The number of rotatable bonds is 0. The molecule has 3 rings (SSSR count). The lowest BCUT2D eigenvalue weighted by Gasteiger charge is -2.18. The first-order chi connectivity index (χ1) is 9.05. The lowest BCUT2D eigenvalue weighted by molar-refractivity contribution is 0.103. The first-order valence-corrected chi connectivity index (χ1v) is 6.97. The SMILES string of the molecule is N#Cc1ccc2c(c1)S(=O)(=O)c1ccccc1C2=O. The molecule has 0 aliphatic carbocycles. The van der Waals surface area contributed by atoms with Crippen molar-refractivity contribution in [2.75, 3.05) is 0 Å². The van der Waals surface area contributed by atoms with Crippen LogP contribution in [0.2, 0.25) is 0 Å². The standard InChI is InChI=1S/C14H7NO3S/c15-8-9-5-6-11-13(7-9)19(17,18)12-4-2-1-3-10(12)14(11)16/h1-7H. The van der Waals surface area contributed by atoms with Gasteiger partial charge in [0.25, 0.3) is 0 Å². The molecular formula is C14H7NO3S. The van der Waals surface area contributed by atoms with Crippen molar-refractivity contribution in [1.82, 2.24) is 0 Å². The maximum atomic E-state index is 12.4. The zero-order valence-electron chi connectivity index (χ0n) is 9.62. The highest BCUT2D eigenvalue weighted by atomic mass is 32.2. The summed E-state index contributed by atoms with van der Waals surface area (Å²) in [6, 6.07) is 12.1. The van der Waals surface area contributed by atoms with Gasteiger partial charge in [-0.05, 0) is 30.3 Å². The fourth-order valence-corrected chi connectivity index (χ4v) is 3.83. The Morgan fingerprint density at radius 1 is 0.947 bits per heavy atom. The average molecular weight is 269 g/mol. The Balaban J connectivity index is 2.43. The van der Waals surface area contributed by atoms with Gasteiger partial charge in [-0.1, -0.05) is 12.1 Å². The number of sulfone groups is 1. The minimum absolute atomic E-state index is 0.00240. The summed E-state index contributed by atoms with van der Waals surface area (Å²) < 4.78 is 24.9. The molecule has 0 N–H and O–H groups in total. The molecule has 19 heavy (non-hydrogen) atoms. The van der Waals surface area contributed by atoms with Crippen molar-refractivity contribution in [2.24, 2.45) is 0 Å². The Kier molecular flexibility index (Phi) is 2.31. The molecular weight excluding hydrogens is 262 g/mol. The van der Waals surface area contributed by atoms with Crippen molar-refractivity contribution in [3.8, 4) is 6.07 Å². The second-order valence-corrected chi connectivity index (χ2v) is 6.04. The average Bonchev–Trinajstić information content (AvgIpc) is 2.45. The second-order valence-electron chi connectivity index (χ2n) is 4.15. The van der Waals surface area contributed by atoms with Gasteiger partial charge in [0, 0.05) is 11.1 Å². The highest BCUT2D eigenvalue weighted by Gasteiger charge is 2.34. The van der Waals surface area contributed by atoms with Crippen molar-refractivity contribution >= 4 is 15.6 Å². The zero-order valence-corrected chi connectivity index (χ0v) is 10.4. The summed E-state index contributed by atoms with van der Waals surface area (Å²) in [5, 5.41) is 8.84. The van der Waals surface area contributed by atoms with Crippen LogP contribution in [0.1, 0.15) is 21.5 Å².